The van der Waals surface area contributed by atoms with E-state index in [4.69, 9.17) is 0 Å². The van der Waals surface area contributed by atoms with Gasteiger partial charge < -0.3 is 10.2 Å². The van der Waals surface area contributed by atoms with Gasteiger partial charge >= 0.3 is 6.03 Å². The summed E-state index contributed by atoms with van der Waals surface area (Å²) in [6.07, 6.45) is 1.63. The maximum Gasteiger partial charge on any atom is 0.325 e. The van der Waals surface area contributed by atoms with Crippen molar-refractivity contribution in [2.45, 2.75) is 30.8 Å². The Morgan fingerprint density at radius 2 is 1.95 bits per heavy atom. The van der Waals surface area contributed by atoms with Crippen molar-refractivity contribution >= 4 is 29.6 Å². The minimum atomic E-state index is -0.702. The van der Waals surface area contributed by atoms with Gasteiger partial charge in [-0.3, -0.25) is 14.5 Å². The van der Waals surface area contributed by atoms with E-state index in [9.17, 15) is 14.4 Å². The molecule has 3 heterocycles. The van der Waals surface area contributed by atoms with Gasteiger partial charge in [0.1, 0.15) is 5.54 Å². The van der Waals surface area contributed by atoms with Crippen LogP contribution in [0.4, 0.5) is 4.79 Å². The highest BCUT2D eigenvalue weighted by Gasteiger charge is 2.54. The van der Waals surface area contributed by atoms with Gasteiger partial charge in [-0.05, 0) is 24.3 Å². The monoisotopic (exact) mass is 283 g/mol. The maximum absolute atomic E-state index is 12.6. The molecule has 0 aromatic rings. The average molecular weight is 283 g/mol. The quantitative estimate of drug-likeness (QED) is 0.690. The standard InChI is InChI=1S/C12H17N3O3S/c1-14-7-8(6-9(14)16)15-10(17)12(13-11(15)18)2-4-19-5-3-12/h8H,2-7H2,1H3,(H,13,18). The van der Waals surface area contributed by atoms with Gasteiger partial charge in [-0.15, -0.1) is 0 Å². The Hall–Kier alpha value is -1.24. The van der Waals surface area contributed by atoms with Crippen LogP contribution >= 0.6 is 11.8 Å². The highest BCUT2D eigenvalue weighted by Crippen LogP contribution is 2.34. The molecule has 0 radical (unpaired) electrons. The van der Waals surface area contributed by atoms with Crippen molar-refractivity contribution in [2.24, 2.45) is 0 Å². The molecule has 0 aromatic carbocycles. The van der Waals surface area contributed by atoms with E-state index in [0.29, 0.717) is 19.4 Å². The van der Waals surface area contributed by atoms with Crippen LogP contribution in [0.1, 0.15) is 19.3 Å². The van der Waals surface area contributed by atoms with Crippen LogP contribution in [0.3, 0.4) is 0 Å². The number of likely N-dealkylation sites (tertiary alicyclic amines) is 1. The summed E-state index contributed by atoms with van der Waals surface area (Å²) in [6.45, 7) is 0.447. The molecule has 3 aliphatic heterocycles. The molecule has 0 saturated carbocycles. The Morgan fingerprint density at radius 3 is 2.53 bits per heavy atom. The predicted molar refractivity (Wildman–Crippen MR) is 70.7 cm³/mol. The van der Waals surface area contributed by atoms with Crippen LogP contribution < -0.4 is 5.32 Å². The molecule has 3 rings (SSSR count). The van der Waals surface area contributed by atoms with Crippen LogP contribution in [0.5, 0.6) is 0 Å². The van der Waals surface area contributed by atoms with E-state index >= 15 is 0 Å². The number of urea groups is 1. The summed E-state index contributed by atoms with van der Waals surface area (Å²) in [4.78, 5) is 39.2. The Balaban J connectivity index is 1.82. The zero-order valence-electron chi connectivity index (χ0n) is 10.8. The number of rotatable bonds is 1. The molecule has 1 atom stereocenters. The smallest absolute Gasteiger partial charge is 0.325 e. The van der Waals surface area contributed by atoms with E-state index in [1.54, 1.807) is 11.9 Å². The normalized spacial score (nSPS) is 30.4. The molecule has 3 saturated heterocycles. The number of hydrogen-bond acceptors (Lipinski definition) is 4. The van der Waals surface area contributed by atoms with Crippen LogP contribution in [-0.2, 0) is 9.59 Å². The minimum absolute atomic E-state index is 0.00857. The first-order chi connectivity index (χ1) is 9.03. The van der Waals surface area contributed by atoms with Crippen LogP contribution in [0, 0.1) is 0 Å². The van der Waals surface area contributed by atoms with E-state index < -0.39 is 5.54 Å². The molecule has 104 valence electrons. The number of imide groups is 1. The molecular weight excluding hydrogens is 266 g/mol. The second kappa shape index (κ2) is 4.40. The van der Waals surface area contributed by atoms with Gasteiger partial charge in [0.15, 0.2) is 0 Å². The molecule has 0 aliphatic carbocycles. The summed E-state index contributed by atoms with van der Waals surface area (Å²) in [5, 5.41) is 2.87. The number of hydrogen-bond donors (Lipinski definition) is 1. The Kier molecular flexibility index (Phi) is 2.96. The zero-order chi connectivity index (χ0) is 13.6. The van der Waals surface area contributed by atoms with Gasteiger partial charge in [0.2, 0.25) is 5.91 Å². The van der Waals surface area contributed by atoms with E-state index in [2.05, 4.69) is 5.32 Å². The third-order valence-electron chi connectivity index (χ3n) is 4.23. The summed E-state index contributed by atoms with van der Waals surface area (Å²) in [5.74, 6) is 1.64. The first kappa shape index (κ1) is 12.8. The van der Waals surface area contributed by atoms with Gasteiger partial charge in [0.25, 0.3) is 5.91 Å². The number of carbonyl (C=O) groups excluding carboxylic acids is 3. The summed E-state index contributed by atoms with van der Waals surface area (Å²) in [6, 6.07) is -0.635. The SMILES string of the molecule is CN1CC(N2C(=O)NC3(CCSCC3)C2=O)CC1=O. The lowest BCUT2D eigenvalue weighted by molar-refractivity contribution is -0.133. The van der Waals surface area contributed by atoms with E-state index in [-0.39, 0.29) is 30.3 Å². The lowest BCUT2D eigenvalue weighted by atomic mass is 9.92. The number of thioether (sulfide) groups is 1. The number of nitrogens with one attached hydrogen (secondary N) is 1. The van der Waals surface area contributed by atoms with Gasteiger partial charge in [-0.1, -0.05) is 0 Å². The predicted octanol–water partition coefficient (Wildman–Crippen LogP) is 0.0347. The Morgan fingerprint density at radius 1 is 1.26 bits per heavy atom. The van der Waals surface area contributed by atoms with Crippen molar-refractivity contribution in [3.63, 3.8) is 0 Å². The number of carbonyl (C=O) groups is 3. The largest absolute Gasteiger partial charge is 0.344 e. The van der Waals surface area contributed by atoms with Crippen molar-refractivity contribution in [2.75, 3.05) is 25.1 Å². The number of amides is 4. The fourth-order valence-electron chi connectivity index (χ4n) is 3.04. The first-order valence-electron chi connectivity index (χ1n) is 6.51. The molecule has 1 N–H and O–H groups in total. The van der Waals surface area contributed by atoms with Gasteiger partial charge in [-0.25, -0.2) is 4.79 Å². The van der Waals surface area contributed by atoms with Crippen molar-refractivity contribution in [1.82, 2.24) is 15.1 Å². The second-order valence-electron chi connectivity index (χ2n) is 5.43. The van der Waals surface area contributed by atoms with Gasteiger partial charge in [0.05, 0.1) is 6.04 Å². The summed E-state index contributed by atoms with van der Waals surface area (Å²) in [5.41, 5.74) is -0.702. The summed E-state index contributed by atoms with van der Waals surface area (Å²) in [7, 11) is 1.70. The minimum Gasteiger partial charge on any atom is -0.344 e. The zero-order valence-corrected chi connectivity index (χ0v) is 11.7. The highest BCUT2D eigenvalue weighted by atomic mass is 32.2. The molecule has 4 amide bonds. The lowest BCUT2D eigenvalue weighted by Crippen LogP contribution is -2.50. The van der Waals surface area contributed by atoms with Crippen LogP contribution in [0.15, 0.2) is 0 Å². The fourth-order valence-corrected chi connectivity index (χ4v) is 4.23. The summed E-state index contributed by atoms with van der Waals surface area (Å²) >= 11 is 1.81. The van der Waals surface area contributed by atoms with Crippen molar-refractivity contribution in [3.8, 4) is 0 Å². The lowest BCUT2D eigenvalue weighted by Gasteiger charge is -2.30. The molecule has 3 aliphatic rings. The third-order valence-corrected chi connectivity index (χ3v) is 5.21. The molecule has 0 bridgehead atoms. The van der Waals surface area contributed by atoms with E-state index in [1.807, 2.05) is 11.8 Å². The van der Waals surface area contributed by atoms with Crippen molar-refractivity contribution in [3.05, 3.63) is 0 Å². The van der Waals surface area contributed by atoms with Gasteiger partial charge in [0, 0.05) is 20.0 Å². The van der Waals surface area contributed by atoms with Crippen molar-refractivity contribution in [1.29, 1.82) is 0 Å². The second-order valence-corrected chi connectivity index (χ2v) is 6.66. The average Bonchev–Trinajstić information content (AvgIpc) is 2.80. The third kappa shape index (κ3) is 1.91. The number of likely N-dealkylation sites (N-methyl/N-ethyl adjacent to an activating group) is 1. The maximum atomic E-state index is 12.6. The molecule has 7 heteroatoms. The molecular formula is C12H17N3O3S. The van der Waals surface area contributed by atoms with E-state index in [0.717, 1.165) is 11.5 Å². The molecule has 19 heavy (non-hydrogen) atoms. The van der Waals surface area contributed by atoms with Crippen LogP contribution in [-0.4, -0.2) is 64.3 Å². The first-order valence-corrected chi connectivity index (χ1v) is 7.66. The van der Waals surface area contributed by atoms with Crippen molar-refractivity contribution < 1.29 is 14.4 Å². The van der Waals surface area contributed by atoms with Crippen LogP contribution in [0.2, 0.25) is 0 Å². The van der Waals surface area contributed by atoms with Gasteiger partial charge in [-0.2, -0.15) is 11.8 Å². The molecule has 0 aromatic heterocycles. The summed E-state index contributed by atoms with van der Waals surface area (Å²) < 4.78 is 0. The fraction of sp³-hybridized carbons (Fsp3) is 0.750. The number of nitrogens with zero attached hydrogens (tertiary/aromatic N) is 2. The van der Waals surface area contributed by atoms with E-state index in [1.165, 1.54) is 4.90 Å². The Labute approximate surface area is 115 Å². The topological polar surface area (TPSA) is 69.7 Å². The molecule has 1 spiro atoms. The highest BCUT2D eigenvalue weighted by molar-refractivity contribution is 7.99. The Bertz CT molecular complexity index is 448. The molecule has 3 fully saturated rings. The molecule has 1 unspecified atom stereocenters. The molecule has 6 nitrogen and oxygen atoms in total. The van der Waals surface area contributed by atoms with Crippen LogP contribution in [0.25, 0.3) is 0 Å².